The topological polar surface area (TPSA) is 216 Å². The molecule has 1 saturated carbocycles. The first-order chi connectivity index (χ1) is 38.9. The second kappa shape index (κ2) is 30.2. The van der Waals surface area contributed by atoms with E-state index in [1.54, 1.807) is 11.3 Å². The zero-order valence-electron chi connectivity index (χ0n) is 48.4. The van der Waals surface area contributed by atoms with E-state index in [9.17, 15) is 29.1 Å². The molecule has 5 N–H and O–H groups in total. The SMILES string of the molecule is CCN(c1cc(-c2ccc(OCCOCCOCCOCCOCC(=O)NC(C(=O)C3C[C@H](O)C[C@H]3C(=O)NCc3ccc(-c4sccc4C)cc3)C(C)(C)C)cc2)cc(C(=O)NCc2c(C)cc(C)[nH]c2=O)c1C)C1CCOCC1. The number of thiophene rings is 1. The Morgan fingerprint density at radius 3 is 2.00 bits per heavy atom. The van der Waals surface area contributed by atoms with Crippen molar-refractivity contribution in [1.29, 1.82) is 0 Å². The number of ether oxygens (including phenoxy) is 6. The van der Waals surface area contributed by atoms with Crippen LogP contribution in [-0.4, -0.2) is 131 Å². The first-order valence-electron chi connectivity index (χ1n) is 28.3. The van der Waals surface area contributed by atoms with Crippen molar-refractivity contribution in [2.75, 3.05) is 84.1 Å². The highest BCUT2D eigenvalue weighted by Crippen LogP contribution is 2.38. The van der Waals surface area contributed by atoms with Gasteiger partial charge in [-0.3, -0.25) is 24.0 Å². The molecule has 3 heterocycles. The number of hydrogen-bond donors (Lipinski definition) is 5. The Morgan fingerprint density at radius 1 is 0.753 bits per heavy atom. The Kier molecular flexibility index (Phi) is 23.2. The van der Waals surface area contributed by atoms with E-state index in [4.69, 9.17) is 28.4 Å². The lowest BCUT2D eigenvalue weighted by molar-refractivity contribution is -0.138. The van der Waals surface area contributed by atoms with Gasteiger partial charge in [-0.1, -0.05) is 57.2 Å². The quantitative estimate of drug-likeness (QED) is 0.0286. The summed E-state index contributed by atoms with van der Waals surface area (Å²) in [6.45, 7) is 20.3. The maximum atomic E-state index is 14.1. The van der Waals surface area contributed by atoms with Crippen LogP contribution in [0, 0.1) is 44.9 Å². The summed E-state index contributed by atoms with van der Waals surface area (Å²) in [5, 5.41) is 21.5. The molecule has 1 saturated heterocycles. The molecular formula is C63H83N5O12S. The minimum absolute atomic E-state index is 0.112. The second-order valence-corrected chi connectivity index (χ2v) is 23.1. The highest BCUT2D eigenvalue weighted by atomic mass is 32.1. The number of aromatic amines is 1. The minimum Gasteiger partial charge on any atom is -0.491 e. The molecule has 4 atom stereocenters. The van der Waals surface area contributed by atoms with Gasteiger partial charge in [0.25, 0.3) is 11.5 Å². The van der Waals surface area contributed by atoms with Crippen LogP contribution >= 0.6 is 11.3 Å². The fraction of sp³-hybridized carbons (Fsp3) is 0.508. The number of rotatable bonds is 29. The van der Waals surface area contributed by atoms with Crippen LogP contribution in [0.3, 0.4) is 0 Å². The molecule has 0 bridgehead atoms. The number of carbonyl (C=O) groups excluding carboxylic acids is 4. The molecule has 2 aliphatic rings. The number of anilines is 1. The predicted molar refractivity (Wildman–Crippen MR) is 315 cm³/mol. The molecular weight excluding hydrogens is 1050 g/mol. The third-order valence-corrected chi connectivity index (χ3v) is 16.2. The number of pyridine rings is 1. The monoisotopic (exact) mass is 1130 g/mol. The number of amides is 3. The van der Waals surface area contributed by atoms with Crippen molar-refractivity contribution in [3.8, 4) is 27.3 Å². The van der Waals surface area contributed by atoms with Crippen LogP contribution in [-0.2, 0) is 51.2 Å². The minimum atomic E-state index is -0.898. The number of H-pyrrole nitrogens is 1. The van der Waals surface area contributed by atoms with Crippen molar-refractivity contribution in [2.24, 2.45) is 17.3 Å². The van der Waals surface area contributed by atoms with Gasteiger partial charge in [0, 0.05) is 72.2 Å². The van der Waals surface area contributed by atoms with Gasteiger partial charge in [0.05, 0.1) is 64.3 Å². The van der Waals surface area contributed by atoms with Crippen molar-refractivity contribution in [3.63, 3.8) is 0 Å². The molecule has 2 fully saturated rings. The van der Waals surface area contributed by atoms with E-state index in [0.717, 1.165) is 64.1 Å². The number of carbonyl (C=O) groups is 4. The first-order valence-corrected chi connectivity index (χ1v) is 29.2. The third-order valence-electron chi connectivity index (χ3n) is 15.1. The van der Waals surface area contributed by atoms with Gasteiger partial charge in [0.1, 0.15) is 19.0 Å². The Hall–Kier alpha value is -6.25. The molecule has 2 unspecified atom stereocenters. The number of nitrogens with zero attached hydrogens (tertiary/aromatic N) is 1. The predicted octanol–water partition coefficient (Wildman–Crippen LogP) is 8.19. The second-order valence-electron chi connectivity index (χ2n) is 22.1. The molecule has 0 radical (unpaired) electrons. The standard InChI is InChI=1S/C63H83N5O12S/c1-9-68(48-18-21-75-22-19-48)55-34-47(33-51(43(55)5)60(72)65-38-54-41(3)32-42(4)66-62(54)74)45-14-16-50(17-15-45)80-30-29-78-26-25-76-23-24-77-27-28-79-39-56(70)67-59(63(6,7)8)57(71)52-35-49(69)36-53(52)61(73)64-37-44-10-12-46(13-11-44)58-40(2)20-31-81-58/h10-17,20,31-34,48-49,52-53,59,69H,9,18-19,21-30,35-39H2,1-8H3,(H,64,73)(H,65,72)(H,66,74)(H,67,70)/t49-,52?,53+,59?/m0/s1. The summed E-state index contributed by atoms with van der Waals surface area (Å²) in [7, 11) is 0. The van der Waals surface area contributed by atoms with Gasteiger partial charge in [-0.15, -0.1) is 11.3 Å². The number of benzene rings is 3. The van der Waals surface area contributed by atoms with Gasteiger partial charge in [0.2, 0.25) is 11.8 Å². The Bertz CT molecular complexity index is 2930. The highest BCUT2D eigenvalue weighted by molar-refractivity contribution is 7.13. The molecule has 5 aromatic rings. The van der Waals surface area contributed by atoms with E-state index in [1.165, 1.54) is 10.4 Å². The number of Topliss-reactive ketones (excluding diaryl/α,β-unsaturated/α-hetero) is 1. The number of nitrogens with one attached hydrogen (secondary N) is 4. The average Bonchev–Trinajstić information content (AvgIpc) is 4.07. The van der Waals surface area contributed by atoms with Crippen LogP contribution in [0.5, 0.6) is 5.75 Å². The van der Waals surface area contributed by atoms with Gasteiger partial charge in [-0.05, 0) is 146 Å². The average molecular weight is 1130 g/mol. The fourth-order valence-corrected chi connectivity index (χ4v) is 11.6. The van der Waals surface area contributed by atoms with Crippen LogP contribution < -0.4 is 31.1 Å². The smallest absolute Gasteiger partial charge is 0.253 e. The molecule has 0 spiro atoms. The summed E-state index contributed by atoms with van der Waals surface area (Å²) in [4.78, 5) is 73.7. The number of aliphatic hydroxyl groups excluding tert-OH is 1. The van der Waals surface area contributed by atoms with Crippen LogP contribution in [0.25, 0.3) is 21.6 Å². The van der Waals surface area contributed by atoms with Crippen molar-refractivity contribution < 1.29 is 52.7 Å². The molecule has 7 rings (SSSR count). The lowest BCUT2D eigenvalue weighted by Gasteiger charge is -2.37. The van der Waals surface area contributed by atoms with Gasteiger partial charge in [-0.2, -0.15) is 0 Å². The summed E-state index contributed by atoms with van der Waals surface area (Å²) in [5.41, 5.74) is 8.77. The van der Waals surface area contributed by atoms with Gasteiger partial charge in [0.15, 0.2) is 5.78 Å². The van der Waals surface area contributed by atoms with E-state index in [2.05, 4.69) is 57.2 Å². The molecule has 2 aromatic heterocycles. The van der Waals surface area contributed by atoms with Crippen molar-refractivity contribution >= 4 is 40.5 Å². The van der Waals surface area contributed by atoms with E-state index >= 15 is 0 Å². The lowest BCUT2D eigenvalue weighted by Crippen LogP contribution is -2.53. The zero-order valence-corrected chi connectivity index (χ0v) is 49.2. The largest absolute Gasteiger partial charge is 0.491 e. The number of ketones is 1. The highest BCUT2D eigenvalue weighted by Gasteiger charge is 2.47. The van der Waals surface area contributed by atoms with E-state index < -0.39 is 35.3 Å². The number of hydrogen-bond acceptors (Lipinski definition) is 14. The Labute approximate surface area is 480 Å². The van der Waals surface area contributed by atoms with E-state index in [0.29, 0.717) is 76.3 Å². The molecule has 3 amide bonds. The molecule has 438 valence electrons. The lowest BCUT2D eigenvalue weighted by atomic mass is 9.77. The van der Waals surface area contributed by atoms with Crippen LogP contribution in [0.1, 0.15) is 97.2 Å². The molecule has 18 heteroatoms. The molecule has 1 aliphatic heterocycles. The maximum Gasteiger partial charge on any atom is 0.253 e. The molecule has 81 heavy (non-hydrogen) atoms. The summed E-state index contributed by atoms with van der Waals surface area (Å²) in [6, 6.07) is 23.3. The molecule has 17 nitrogen and oxygen atoms in total. The van der Waals surface area contributed by atoms with Crippen molar-refractivity contribution in [2.45, 2.75) is 112 Å². The summed E-state index contributed by atoms with van der Waals surface area (Å²) < 4.78 is 34.2. The van der Waals surface area contributed by atoms with Gasteiger partial charge in [-0.25, -0.2) is 0 Å². The summed E-state index contributed by atoms with van der Waals surface area (Å²) in [5.74, 6) is -2.07. The normalized spacial score (nSPS) is 16.9. The Balaban J connectivity index is 0.772. The number of aryl methyl sites for hydroxylation is 3. The van der Waals surface area contributed by atoms with Gasteiger partial charge < -0.3 is 59.4 Å². The van der Waals surface area contributed by atoms with Crippen LogP contribution in [0.2, 0.25) is 0 Å². The maximum absolute atomic E-state index is 14.1. The van der Waals surface area contributed by atoms with Crippen LogP contribution in [0.15, 0.2) is 83.0 Å². The first kappa shape index (κ1) is 62.4. The summed E-state index contributed by atoms with van der Waals surface area (Å²) in [6.07, 6.45) is 1.32. The zero-order chi connectivity index (χ0) is 58.1. The number of aliphatic hydroxyl groups is 1. The van der Waals surface area contributed by atoms with E-state index in [1.807, 2.05) is 102 Å². The van der Waals surface area contributed by atoms with Crippen molar-refractivity contribution in [3.05, 3.63) is 128 Å². The third kappa shape index (κ3) is 17.6. The molecule has 1 aliphatic carbocycles. The van der Waals surface area contributed by atoms with Crippen LogP contribution in [0.4, 0.5) is 5.69 Å². The van der Waals surface area contributed by atoms with E-state index in [-0.39, 0.29) is 68.4 Å². The molecule has 3 aromatic carbocycles. The fourth-order valence-electron chi connectivity index (χ4n) is 10.7. The van der Waals surface area contributed by atoms with Crippen molar-refractivity contribution in [1.82, 2.24) is 20.9 Å². The summed E-state index contributed by atoms with van der Waals surface area (Å²) >= 11 is 1.69. The number of aromatic nitrogens is 1. The van der Waals surface area contributed by atoms with Gasteiger partial charge >= 0.3 is 0 Å². The Morgan fingerprint density at radius 2 is 1.38 bits per heavy atom.